The van der Waals surface area contributed by atoms with E-state index in [1.807, 2.05) is 20.1 Å². The molecule has 0 aromatic heterocycles. The second-order valence-corrected chi connectivity index (χ2v) is 7.68. The zero-order valence-corrected chi connectivity index (χ0v) is 13.7. The summed E-state index contributed by atoms with van der Waals surface area (Å²) in [4.78, 5) is 0.306. The third kappa shape index (κ3) is 3.43. The van der Waals surface area contributed by atoms with E-state index in [0.29, 0.717) is 16.1 Å². The molecule has 0 aliphatic carbocycles. The highest BCUT2D eigenvalue weighted by Gasteiger charge is 2.27. The van der Waals surface area contributed by atoms with E-state index in [0.717, 1.165) is 11.3 Å². The van der Waals surface area contributed by atoms with Crippen molar-refractivity contribution in [3.05, 3.63) is 23.3 Å². The second-order valence-electron chi connectivity index (χ2n) is 4.80. The Hall–Kier alpha value is -0.720. The van der Waals surface area contributed by atoms with E-state index < -0.39 is 10.0 Å². The van der Waals surface area contributed by atoms with Crippen molar-refractivity contribution in [3.8, 4) is 0 Å². The van der Waals surface area contributed by atoms with E-state index in [-0.39, 0.29) is 6.04 Å². The van der Waals surface area contributed by atoms with Crippen molar-refractivity contribution in [1.29, 1.82) is 0 Å². The summed E-state index contributed by atoms with van der Waals surface area (Å²) in [5.74, 6) is 0.760. The van der Waals surface area contributed by atoms with E-state index in [4.69, 9.17) is 5.73 Å². The Morgan fingerprint density at radius 1 is 1.37 bits per heavy atom. The van der Waals surface area contributed by atoms with Crippen LogP contribution in [0, 0.1) is 13.8 Å². The minimum atomic E-state index is -3.50. The average Bonchev–Trinajstić information content (AvgIpc) is 2.32. The molecule has 108 valence electrons. The molecule has 1 aromatic rings. The maximum atomic E-state index is 12.6. The summed E-state index contributed by atoms with van der Waals surface area (Å²) in [7, 11) is -1.88. The van der Waals surface area contributed by atoms with E-state index in [9.17, 15) is 8.42 Å². The molecule has 1 aromatic carbocycles. The smallest absolute Gasteiger partial charge is 0.243 e. The van der Waals surface area contributed by atoms with Gasteiger partial charge in [-0.3, -0.25) is 0 Å². The molecule has 0 saturated carbocycles. The van der Waals surface area contributed by atoms with Crippen molar-refractivity contribution >= 4 is 27.5 Å². The van der Waals surface area contributed by atoms with E-state index in [2.05, 4.69) is 0 Å². The van der Waals surface area contributed by atoms with Crippen molar-refractivity contribution < 1.29 is 8.42 Å². The zero-order valence-electron chi connectivity index (χ0n) is 12.1. The first kappa shape index (κ1) is 16.3. The summed E-state index contributed by atoms with van der Waals surface area (Å²) in [6.07, 6.45) is 1.97. The number of sulfonamides is 1. The predicted molar refractivity (Wildman–Crippen MR) is 83.1 cm³/mol. The Bertz CT molecular complexity index is 556. The minimum absolute atomic E-state index is 0.0545. The van der Waals surface area contributed by atoms with E-state index >= 15 is 0 Å². The van der Waals surface area contributed by atoms with Gasteiger partial charge in [-0.05, 0) is 50.3 Å². The molecular formula is C13H22N2O2S2. The molecule has 1 atom stereocenters. The maximum Gasteiger partial charge on any atom is 0.243 e. The highest BCUT2D eigenvalue weighted by Crippen LogP contribution is 2.26. The van der Waals surface area contributed by atoms with Gasteiger partial charge in [-0.15, -0.1) is 0 Å². The van der Waals surface area contributed by atoms with Gasteiger partial charge >= 0.3 is 0 Å². The van der Waals surface area contributed by atoms with Crippen molar-refractivity contribution in [2.45, 2.75) is 31.7 Å². The number of benzene rings is 1. The van der Waals surface area contributed by atoms with Crippen LogP contribution in [0.1, 0.15) is 18.1 Å². The third-order valence-corrected chi connectivity index (χ3v) is 6.14. The van der Waals surface area contributed by atoms with Gasteiger partial charge < -0.3 is 5.73 Å². The van der Waals surface area contributed by atoms with Crippen molar-refractivity contribution in [2.24, 2.45) is 0 Å². The number of hydrogen-bond donors (Lipinski definition) is 1. The molecule has 0 saturated heterocycles. The van der Waals surface area contributed by atoms with E-state index in [1.165, 1.54) is 4.31 Å². The van der Waals surface area contributed by atoms with Gasteiger partial charge in [0.25, 0.3) is 0 Å². The SMILES string of the molecule is CSCC(C)N(C)S(=O)(=O)c1cc(C)cc(N)c1C. The van der Waals surface area contributed by atoms with Gasteiger partial charge in [-0.25, -0.2) is 8.42 Å². The van der Waals surface area contributed by atoms with Crippen LogP contribution in [0.25, 0.3) is 0 Å². The molecule has 1 unspecified atom stereocenters. The largest absolute Gasteiger partial charge is 0.398 e. The van der Waals surface area contributed by atoms with Crippen LogP contribution in [0.4, 0.5) is 5.69 Å². The van der Waals surface area contributed by atoms with Crippen LogP contribution < -0.4 is 5.73 Å². The molecular weight excluding hydrogens is 280 g/mol. The number of aryl methyl sites for hydroxylation is 1. The minimum Gasteiger partial charge on any atom is -0.398 e. The van der Waals surface area contributed by atoms with Gasteiger partial charge in [-0.2, -0.15) is 16.1 Å². The van der Waals surface area contributed by atoms with Crippen LogP contribution in [0.3, 0.4) is 0 Å². The third-order valence-electron chi connectivity index (χ3n) is 3.23. The fourth-order valence-corrected chi connectivity index (χ4v) is 4.36. The molecule has 0 bridgehead atoms. The Morgan fingerprint density at radius 2 is 1.95 bits per heavy atom. The summed E-state index contributed by atoms with van der Waals surface area (Å²) in [5.41, 5.74) is 7.86. The number of nitrogens with two attached hydrogens (primary N) is 1. The first-order chi connectivity index (χ1) is 8.71. The fraction of sp³-hybridized carbons (Fsp3) is 0.538. The Morgan fingerprint density at radius 3 is 2.47 bits per heavy atom. The molecule has 4 nitrogen and oxygen atoms in total. The zero-order chi connectivity index (χ0) is 14.8. The van der Waals surface area contributed by atoms with Crippen LogP contribution in [0.5, 0.6) is 0 Å². The van der Waals surface area contributed by atoms with Gasteiger partial charge in [0, 0.05) is 24.5 Å². The number of rotatable bonds is 5. The van der Waals surface area contributed by atoms with Gasteiger partial charge in [0.15, 0.2) is 0 Å². The monoisotopic (exact) mass is 302 g/mol. The topological polar surface area (TPSA) is 63.4 Å². The highest BCUT2D eigenvalue weighted by molar-refractivity contribution is 7.98. The average molecular weight is 302 g/mol. The molecule has 0 spiro atoms. The normalized spacial score (nSPS) is 13.8. The van der Waals surface area contributed by atoms with Gasteiger partial charge in [0.05, 0.1) is 4.90 Å². The summed E-state index contributed by atoms with van der Waals surface area (Å²) >= 11 is 1.63. The van der Waals surface area contributed by atoms with E-state index in [1.54, 1.807) is 37.9 Å². The Balaban J connectivity index is 3.28. The molecule has 6 heteroatoms. The molecule has 0 heterocycles. The quantitative estimate of drug-likeness (QED) is 0.847. The number of thioether (sulfide) groups is 1. The van der Waals surface area contributed by atoms with Crippen molar-refractivity contribution in [3.63, 3.8) is 0 Å². The summed E-state index contributed by atoms with van der Waals surface area (Å²) in [6, 6.07) is 3.42. The van der Waals surface area contributed by atoms with Crippen molar-refractivity contribution in [1.82, 2.24) is 4.31 Å². The summed E-state index contributed by atoms with van der Waals surface area (Å²) in [5, 5.41) is 0. The molecule has 0 amide bonds. The van der Waals surface area contributed by atoms with Gasteiger partial charge in [0.1, 0.15) is 0 Å². The lowest BCUT2D eigenvalue weighted by atomic mass is 10.1. The fourth-order valence-electron chi connectivity index (χ4n) is 1.86. The molecule has 1 rings (SSSR count). The standard InChI is InChI=1S/C13H22N2O2S2/c1-9-6-12(14)11(3)13(7-9)19(16,17)15(4)10(2)8-18-5/h6-7,10H,8,14H2,1-5H3. The van der Waals surface area contributed by atoms with Crippen LogP contribution >= 0.6 is 11.8 Å². The lowest BCUT2D eigenvalue weighted by molar-refractivity contribution is 0.415. The summed E-state index contributed by atoms with van der Waals surface area (Å²) < 4.78 is 26.7. The molecule has 0 radical (unpaired) electrons. The lowest BCUT2D eigenvalue weighted by Gasteiger charge is -2.25. The number of anilines is 1. The van der Waals surface area contributed by atoms with Gasteiger partial charge in [-0.1, -0.05) is 0 Å². The molecule has 19 heavy (non-hydrogen) atoms. The van der Waals surface area contributed by atoms with Crippen LogP contribution in [0.2, 0.25) is 0 Å². The predicted octanol–water partition coefficient (Wildman–Crippen LogP) is 2.26. The van der Waals surface area contributed by atoms with Crippen molar-refractivity contribution in [2.75, 3.05) is 24.8 Å². The maximum absolute atomic E-state index is 12.6. The van der Waals surface area contributed by atoms with Crippen LogP contribution in [-0.2, 0) is 10.0 Å². The number of hydrogen-bond acceptors (Lipinski definition) is 4. The number of nitrogens with zero attached hydrogens (tertiary/aromatic N) is 1. The molecule has 0 aliphatic rings. The Labute approximate surface area is 120 Å². The summed E-state index contributed by atoms with van der Waals surface area (Å²) in [6.45, 7) is 5.50. The first-order valence-corrected chi connectivity index (χ1v) is 8.89. The Kier molecular flexibility index (Phi) is 5.29. The lowest BCUT2D eigenvalue weighted by Crippen LogP contribution is -2.37. The van der Waals surface area contributed by atoms with Gasteiger partial charge in [0.2, 0.25) is 10.0 Å². The first-order valence-electron chi connectivity index (χ1n) is 6.05. The van der Waals surface area contributed by atoms with Crippen LogP contribution in [-0.4, -0.2) is 37.8 Å². The molecule has 2 N–H and O–H groups in total. The highest BCUT2D eigenvalue weighted by atomic mass is 32.2. The molecule has 0 fully saturated rings. The molecule has 0 aliphatic heterocycles. The van der Waals surface area contributed by atoms with Crippen LogP contribution in [0.15, 0.2) is 17.0 Å². The second kappa shape index (κ2) is 6.15. The number of nitrogen functional groups attached to an aromatic ring is 1.